The summed E-state index contributed by atoms with van der Waals surface area (Å²) in [7, 11) is 0. The molecule has 0 aromatic heterocycles. The highest BCUT2D eigenvalue weighted by atomic mass is 32.2. The summed E-state index contributed by atoms with van der Waals surface area (Å²) in [5.41, 5.74) is -0.537. The van der Waals surface area contributed by atoms with Gasteiger partial charge in [0.05, 0.1) is 29.9 Å². The lowest BCUT2D eigenvalue weighted by molar-refractivity contribution is -0.309. The van der Waals surface area contributed by atoms with Crippen LogP contribution in [0.5, 0.6) is 0 Å². The van der Waals surface area contributed by atoms with Crippen LogP contribution >= 0.6 is 11.8 Å². The van der Waals surface area contributed by atoms with Gasteiger partial charge in [0, 0.05) is 27.2 Å². The topological polar surface area (TPSA) is 199 Å². The molecule has 0 spiro atoms. The molecule has 4 rings (SSSR count). The van der Waals surface area contributed by atoms with Crippen LogP contribution in [0.4, 0.5) is 0 Å². The molecule has 2 aliphatic rings. The molecule has 9 unspecified atom stereocenters. The quantitative estimate of drug-likeness (QED) is 0.109. The molecule has 2 aromatic carbocycles. The highest BCUT2D eigenvalue weighted by molar-refractivity contribution is 7.99. The van der Waals surface area contributed by atoms with Gasteiger partial charge in [0.25, 0.3) is 0 Å². The predicted octanol–water partition coefficient (Wildman–Crippen LogP) is 3.15. The molecule has 294 valence electrons. The van der Waals surface area contributed by atoms with E-state index in [0.29, 0.717) is 18.5 Å². The van der Waals surface area contributed by atoms with Crippen molar-refractivity contribution in [3.63, 3.8) is 0 Å². The van der Waals surface area contributed by atoms with E-state index in [1.54, 1.807) is 60.7 Å². The van der Waals surface area contributed by atoms with Crippen molar-refractivity contribution in [2.45, 2.75) is 107 Å². The third-order valence-electron chi connectivity index (χ3n) is 8.60. The molecule has 0 bridgehead atoms. The molecule has 0 saturated carbocycles. The summed E-state index contributed by atoms with van der Waals surface area (Å²) in [6.45, 7) is 5.16. The standard InChI is InChI=1S/C38H47NO14S/c1-5-54-37-34(51-36(46)27-15-10-7-11-16-27)33(32(44)31(50-37)21-48-35(45)26-13-8-6-9-14-26)53-38(22-40)20-30(49-25(4)43)29(39-23(2)41)19-28(52-38)17-12-18-47-24(3)42/h6-11,13-16,22,28-34,37,44H,5,12,17-21H2,1-4H3,(H,39,41). The number of aliphatic hydroxyl groups is 1. The fourth-order valence-electron chi connectivity index (χ4n) is 6.27. The molecule has 16 heteroatoms. The Morgan fingerprint density at radius 1 is 0.907 bits per heavy atom. The van der Waals surface area contributed by atoms with E-state index >= 15 is 0 Å². The zero-order valence-corrected chi connectivity index (χ0v) is 31.4. The monoisotopic (exact) mass is 773 g/mol. The Labute approximate surface area is 317 Å². The first-order chi connectivity index (χ1) is 25.8. The Morgan fingerprint density at radius 2 is 1.56 bits per heavy atom. The minimum atomic E-state index is -2.26. The van der Waals surface area contributed by atoms with Crippen molar-refractivity contribution < 1.29 is 67.0 Å². The molecule has 2 N–H and O–H groups in total. The van der Waals surface area contributed by atoms with Gasteiger partial charge in [0.15, 0.2) is 12.4 Å². The van der Waals surface area contributed by atoms with Crippen LogP contribution in [0.15, 0.2) is 60.7 Å². The van der Waals surface area contributed by atoms with Gasteiger partial charge in [-0.25, -0.2) is 9.59 Å². The number of hydrogen-bond donors (Lipinski definition) is 2. The van der Waals surface area contributed by atoms with Crippen LogP contribution in [-0.4, -0.2) is 114 Å². The maximum absolute atomic E-state index is 13.5. The number of carbonyl (C=O) groups is 6. The highest BCUT2D eigenvalue weighted by Crippen LogP contribution is 2.39. The van der Waals surface area contributed by atoms with Gasteiger partial charge in [0.1, 0.15) is 36.5 Å². The van der Waals surface area contributed by atoms with Crippen molar-refractivity contribution in [1.29, 1.82) is 0 Å². The zero-order chi connectivity index (χ0) is 39.3. The lowest BCUT2D eigenvalue weighted by Gasteiger charge is -2.46. The van der Waals surface area contributed by atoms with Crippen molar-refractivity contribution in [2.75, 3.05) is 19.0 Å². The van der Waals surface area contributed by atoms with Crippen molar-refractivity contribution in [2.24, 2.45) is 0 Å². The fraction of sp³-hybridized carbons (Fsp3) is 0.526. The number of rotatable bonds is 16. The number of esters is 4. The third-order valence-corrected chi connectivity index (χ3v) is 9.65. The largest absolute Gasteiger partial charge is 0.466 e. The SMILES string of the molecule is CCSC1OC(COC(=O)c2ccccc2)C(O)C(OC2(C=O)CC(OC(C)=O)C(NC(C)=O)CC(CCCOC(C)=O)O2)C1OC(=O)c1ccccc1. The van der Waals surface area contributed by atoms with Crippen molar-refractivity contribution >= 4 is 47.8 Å². The summed E-state index contributed by atoms with van der Waals surface area (Å²) >= 11 is 1.22. The number of aliphatic hydroxyl groups excluding tert-OH is 1. The Morgan fingerprint density at radius 3 is 2.13 bits per heavy atom. The van der Waals surface area contributed by atoms with Gasteiger partial charge < -0.3 is 43.6 Å². The fourth-order valence-corrected chi connectivity index (χ4v) is 7.22. The predicted molar refractivity (Wildman–Crippen MR) is 192 cm³/mol. The Bertz CT molecular complexity index is 1580. The summed E-state index contributed by atoms with van der Waals surface area (Å²) in [4.78, 5) is 75.7. The molecule has 15 nitrogen and oxygen atoms in total. The van der Waals surface area contributed by atoms with Crippen LogP contribution in [-0.2, 0) is 52.3 Å². The second-order valence-corrected chi connectivity index (χ2v) is 14.2. The van der Waals surface area contributed by atoms with Crippen molar-refractivity contribution in [1.82, 2.24) is 5.32 Å². The molecule has 2 heterocycles. The molecule has 2 fully saturated rings. The number of amides is 1. The number of aldehydes is 1. The van der Waals surface area contributed by atoms with Crippen molar-refractivity contribution in [3.05, 3.63) is 71.8 Å². The van der Waals surface area contributed by atoms with Gasteiger partial charge in [-0.3, -0.25) is 19.2 Å². The molecule has 0 radical (unpaired) electrons. The maximum atomic E-state index is 13.5. The van der Waals surface area contributed by atoms with Crippen molar-refractivity contribution in [3.8, 4) is 0 Å². The number of carbonyl (C=O) groups excluding carboxylic acids is 6. The van der Waals surface area contributed by atoms with E-state index in [-0.39, 0.29) is 30.6 Å². The van der Waals surface area contributed by atoms with Gasteiger partial charge in [0.2, 0.25) is 11.7 Å². The second kappa shape index (κ2) is 20.4. The summed E-state index contributed by atoms with van der Waals surface area (Å²) in [5, 5.41) is 14.7. The maximum Gasteiger partial charge on any atom is 0.338 e. The molecule has 9 atom stereocenters. The average molecular weight is 774 g/mol. The number of thioether (sulfide) groups is 1. The molecular formula is C38H47NO14S. The first kappa shape index (κ1) is 42.4. The van der Waals surface area contributed by atoms with Crippen LogP contribution in [0.25, 0.3) is 0 Å². The third kappa shape index (κ3) is 12.1. The summed E-state index contributed by atoms with van der Waals surface area (Å²) in [6.07, 6.45) is -7.31. The van der Waals surface area contributed by atoms with E-state index in [9.17, 15) is 33.9 Å². The van der Waals surface area contributed by atoms with Gasteiger partial charge >= 0.3 is 23.9 Å². The van der Waals surface area contributed by atoms with Crippen LogP contribution in [0.3, 0.4) is 0 Å². The smallest absolute Gasteiger partial charge is 0.338 e. The normalized spacial score (nSPS) is 28.1. The van der Waals surface area contributed by atoms with Gasteiger partial charge in [-0.15, -0.1) is 11.8 Å². The zero-order valence-electron chi connectivity index (χ0n) is 30.6. The molecular weight excluding hydrogens is 726 g/mol. The molecule has 2 saturated heterocycles. The van der Waals surface area contributed by atoms with E-state index in [1.165, 1.54) is 32.5 Å². The van der Waals surface area contributed by atoms with Crippen LogP contribution in [0, 0.1) is 0 Å². The first-order valence-electron chi connectivity index (χ1n) is 17.7. The van der Waals surface area contributed by atoms with Gasteiger partial charge in [-0.1, -0.05) is 43.3 Å². The van der Waals surface area contributed by atoms with Gasteiger partial charge in [-0.2, -0.15) is 0 Å². The van der Waals surface area contributed by atoms with Crippen LogP contribution < -0.4 is 5.32 Å². The molecule has 2 aliphatic heterocycles. The van der Waals surface area contributed by atoms with E-state index in [0.717, 1.165) is 0 Å². The van der Waals surface area contributed by atoms with Gasteiger partial charge in [-0.05, 0) is 49.3 Å². The molecule has 2 aromatic rings. The number of benzene rings is 2. The Kier molecular flexibility index (Phi) is 16.0. The van der Waals surface area contributed by atoms with Crippen LogP contribution in [0.1, 0.15) is 74.1 Å². The van der Waals surface area contributed by atoms with E-state index < -0.39 is 96.7 Å². The first-order valence-corrected chi connectivity index (χ1v) is 18.7. The minimum Gasteiger partial charge on any atom is -0.466 e. The average Bonchev–Trinajstić information content (AvgIpc) is 3.28. The second-order valence-electron chi connectivity index (χ2n) is 12.8. The Hall–Kier alpha value is -4.35. The molecule has 1 amide bonds. The highest BCUT2D eigenvalue weighted by Gasteiger charge is 2.55. The number of ether oxygens (including phenoxy) is 7. The summed E-state index contributed by atoms with van der Waals surface area (Å²) in [6, 6.07) is 15.5. The number of hydrogen-bond acceptors (Lipinski definition) is 15. The summed E-state index contributed by atoms with van der Waals surface area (Å²) < 4.78 is 41.3. The lowest BCUT2D eigenvalue weighted by atomic mass is 9.96. The Balaban J connectivity index is 1.73. The van der Waals surface area contributed by atoms with E-state index in [2.05, 4.69) is 5.32 Å². The van der Waals surface area contributed by atoms with E-state index in [4.69, 9.17) is 33.2 Å². The molecule has 0 aliphatic carbocycles. The minimum absolute atomic E-state index is 0.0395. The lowest BCUT2D eigenvalue weighted by Crippen LogP contribution is -2.63. The summed E-state index contributed by atoms with van der Waals surface area (Å²) in [5.74, 6) is -4.87. The number of nitrogens with one attached hydrogen (secondary N) is 1. The van der Waals surface area contributed by atoms with E-state index in [1.807, 2.05) is 6.92 Å². The van der Waals surface area contributed by atoms with Crippen LogP contribution in [0.2, 0.25) is 0 Å². The molecule has 54 heavy (non-hydrogen) atoms.